The van der Waals surface area contributed by atoms with Crippen molar-refractivity contribution in [3.8, 4) is 0 Å². The second-order valence-electron chi connectivity index (χ2n) is 3.28. The Balaban J connectivity index is 2.66. The first kappa shape index (κ1) is 10.6. The van der Waals surface area contributed by atoms with Gasteiger partial charge < -0.3 is 4.90 Å². The summed E-state index contributed by atoms with van der Waals surface area (Å²) in [6.07, 6.45) is 0.220. The molecule has 3 N–H and O–H groups in total. The lowest BCUT2D eigenvalue weighted by atomic mass is 9.93. The van der Waals surface area contributed by atoms with E-state index >= 15 is 0 Å². The van der Waals surface area contributed by atoms with E-state index in [1.807, 2.05) is 5.43 Å². The minimum atomic E-state index is -0.680. The number of nitrogens with two attached hydrogens (primary N) is 1. The number of rotatable bonds is 1. The van der Waals surface area contributed by atoms with Crippen LogP contribution in [-0.2, 0) is 9.59 Å². The number of nitrogens with zero attached hydrogens (tertiary/aromatic N) is 1. The maximum atomic E-state index is 11.3. The zero-order valence-electron chi connectivity index (χ0n) is 7.95. The van der Waals surface area contributed by atoms with Crippen LogP contribution in [0.3, 0.4) is 0 Å². The third kappa shape index (κ3) is 2.08. The van der Waals surface area contributed by atoms with Crippen molar-refractivity contribution in [1.82, 2.24) is 10.3 Å². The van der Waals surface area contributed by atoms with Crippen molar-refractivity contribution >= 4 is 17.6 Å². The van der Waals surface area contributed by atoms with Gasteiger partial charge in [-0.15, -0.1) is 0 Å². The standard InChI is InChI=1S/C8H13N3O3/c1-5(12)6-4-11(8(14)10-9)3-2-7(6)13/h6H,2-4,9H2,1H3,(H,10,14). The van der Waals surface area contributed by atoms with Crippen molar-refractivity contribution < 1.29 is 14.4 Å². The van der Waals surface area contributed by atoms with E-state index in [4.69, 9.17) is 5.84 Å². The molecule has 0 saturated carbocycles. The Hall–Kier alpha value is -1.43. The van der Waals surface area contributed by atoms with Gasteiger partial charge in [0.25, 0.3) is 0 Å². The first-order valence-electron chi connectivity index (χ1n) is 4.35. The molecule has 1 fully saturated rings. The summed E-state index contributed by atoms with van der Waals surface area (Å²) in [6, 6.07) is -0.455. The minimum Gasteiger partial charge on any atom is -0.322 e. The van der Waals surface area contributed by atoms with Gasteiger partial charge in [0.2, 0.25) is 0 Å². The van der Waals surface area contributed by atoms with Crippen LogP contribution in [-0.4, -0.2) is 35.6 Å². The summed E-state index contributed by atoms with van der Waals surface area (Å²) in [5.41, 5.74) is 1.97. The van der Waals surface area contributed by atoms with Crippen molar-refractivity contribution in [3.05, 3.63) is 0 Å². The Labute approximate surface area is 81.4 Å². The molecule has 2 amide bonds. The fourth-order valence-electron chi connectivity index (χ4n) is 1.46. The van der Waals surface area contributed by atoms with Gasteiger partial charge in [0, 0.05) is 19.5 Å². The van der Waals surface area contributed by atoms with Gasteiger partial charge in [-0.05, 0) is 6.92 Å². The Kier molecular flexibility index (Phi) is 3.19. The first-order chi connectivity index (χ1) is 6.56. The third-order valence-electron chi connectivity index (χ3n) is 2.32. The summed E-state index contributed by atoms with van der Waals surface area (Å²) in [5, 5.41) is 0. The summed E-state index contributed by atoms with van der Waals surface area (Å²) < 4.78 is 0. The van der Waals surface area contributed by atoms with Crippen LogP contribution in [0.4, 0.5) is 4.79 Å². The molecule has 0 aliphatic carbocycles. The number of nitrogens with one attached hydrogen (secondary N) is 1. The molecule has 1 aliphatic rings. The van der Waals surface area contributed by atoms with Crippen LogP contribution in [0.1, 0.15) is 13.3 Å². The average Bonchev–Trinajstić information content (AvgIpc) is 2.17. The Bertz CT molecular complexity index is 277. The highest BCUT2D eigenvalue weighted by molar-refractivity contribution is 6.02. The summed E-state index contributed by atoms with van der Waals surface area (Å²) in [5.74, 6) is 3.97. The number of hydrogen-bond acceptors (Lipinski definition) is 4. The number of urea groups is 1. The Morgan fingerprint density at radius 1 is 1.57 bits per heavy atom. The van der Waals surface area contributed by atoms with Gasteiger partial charge in [0.15, 0.2) is 0 Å². The number of hydrogen-bond donors (Lipinski definition) is 2. The van der Waals surface area contributed by atoms with E-state index in [9.17, 15) is 14.4 Å². The zero-order chi connectivity index (χ0) is 10.7. The highest BCUT2D eigenvalue weighted by atomic mass is 16.2. The number of hydrazine groups is 1. The Morgan fingerprint density at radius 2 is 2.21 bits per heavy atom. The lowest BCUT2D eigenvalue weighted by Crippen LogP contribution is -2.51. The van der Waals surface area contributed by atoms with Crippen molar-refractivity contribution in [2.45, 2.75) is 13.3 Å². The molecule has 1 unspecified atom stereocenters. The molecule has 6 nitrogen and oxygen atoms in total. The molecule has 0 aromatic rings. The van der Waals surface area contributed by atoms with Crippen LogP contribution in [0.15, 0.2) is 0 Å². The molecule has 0 bridgehead atoms. The smallest absolute Gasteiger partial charge is 0.322 e. The molecule has 78 valence electrons. The van der Waals surface area contributed by atoms with Gasteiger partial charge in [-0.3, -0.25) is 15.0 Å². The molecular weight excluding hydrogens is 186 g/mol. The lowest BCUT2D eigenvalue weighted by Gasteiger charge is -2.29. The van der Waals surface area contributed by atoms with E-state index in [1.54, 1.807) is 0 Å². The molecule has 6 heteroatoms. The maximum Gasteiger partial charge on any atom is 0.331 e. The van der Waals surface area contributed by atoms with Crippen molar-refractivity contribution in [3.63, 3.8) is 0 Å². The fraction of sp³-hybridized carbons (Fsp3) is 0.625. The van der Waals surface area contributed by atoms with Crippen molar-refractivity contribution in [1.29, 1.82) is 0 Å². The van der Waals surface area contributed by atoms with E-state index in [2.05, 4.69) is 0 Å². The van der Waals surface area contributed by atoms with E-state index in [0.29, 0.717) is 6.54 Å². The summed E-state index contributed by atoms with van der Waals surface area (Å²) in [6.45, 7) is 1.81. The number of Topliss-reactive ketones (excluding diaryl/α,β-unsaturated/α-hetero) is 2. The quantitative estimate of drug-likeness (QED) is 0.246. The Morgan fingerprint density at radius 3 is 2.71 bits per heavy atom. The largest absolute Gasteiger partial charge is 0.331 e. The van der Waals surface area contributed by atoms with Crippen LogP contribution in [0.5, 0.6) is 0 Å². The van der Waals surface area contributed by atoms with E-state index in [-0.39, 0.29) is 24.5 Å². The number of carbonyl (C=O) groups is 3. The van der Waals surface area contributed by atoms with Crippen molar-refractivity contribution in [2.75, 3.05) is 13.1 Å². The van der Waals surface area contributed by atoms with Gasteiger partial charge >= 0.3 is 6.03 Å². The normalized spacial score (nSPS) is 22.0. The van der Waals surface area contributed by atoms with E-state index in [0.717, 1.165) is 0 Å². The van der Waals surface area contributed by atoms with E-state index < -0.39 is 11.9 Å². The summed E-state index contributed by atoms with van der Waals surface area (Å²) in [4.78, 5) is 34.8. The number of amides is 2. The molecule has 1 saturated heterocycles. The first-order valence-corrected chi connectivity index (χ1v) is 4.35. The van der Waals surface area contributed by atoms with Crippen LogP contribution in [0.2, 0.25) is 0 Å². The molecular formula is C8H13N3O3. The summed E-state index contributed by atoms with van der Waals surface area (Å²) in [7, 11) is 0. The molecule has 1 aliphatic heterocycles. The molecule has 1 heterocycles. The van der Waals surface area contributed by atoms with Gasteiger partial charge in [-0.1, -0.05) is 0 Å². The predicted molar refractivity (Wildman–Crippen MR) is 48.1 cm³/mol. The van der Waals surface area contributed by atoms with E-state index in [1.165, 1.54) is 11.8 Å². The number of ketones is 2. The monoisotopic (exact) mass is 199 g/mol. The number of piperidine rings is 1. The van der Waals surface area contributed by atoms with Gasteiger partial charge in [0.05, 0.1) is 5.92 Å². The number of likely N-dealkylation sites (tertiary alicyclic amines) is 1. The second kappa shape index (κ2) is 4.19. The topological polar surface area (TPSA) is 92.5 Å². The molecule has 1 rings (SSSR count). The fourth-order valence-corrected chi connectivity index (χ4v) is 1.46. The van der Waals surface area contributed by atoms with Crippen LogP contribution < -0.4 is 11.3 Å². The van der Waals surface area contributed by atoms with Gasteiger partial charge in [-0.2, -0.15) is 0 Å². The average molecular weight is 199 g/mol. The molecule has 0 aromatic carbocycles. The third-order valence-corrected chi connectivity index (χ3v) is 2.32. The second-order valence-corrected chi connectivity index (χ2v) is 3.28. The van der Waals surface area contributed by atoms with Crippen LogP contribution in [0.25, 0.3) is 0 Å². The summed E-state index contributed by atoms with van der Waals surface area (Å²) >= 11 is 0. The molecule has 0 spiro atoms. The van der Waals surface area contributed by atoms with Gasteiger partial charge in [-0.25, -0.2) is 10.6 Å². The van der Waals surface area contributed by atoms with Crippen LogP contribution >= 0.6 is 0 Å². The van der Waals surface area contributed by atoms with Gasteiger partial charge in [0.1, 0.15) is 11.6 Å². The maximum absolute atomic E-state index is 11.3. The van der Waals surface area contributed by atoms with Crippen molar-refractivity contribution in [2.24, 2.45) is 11.8 Å². The number of carbonyl (C=O) groups excluding carboxylic acids is 3. The molecule has 0 aromatic heterocycles. The lowest BCUT2D eigenvalue weighted by molar-refractivity contribution is -0.134. The molecule has 14 heavy (non-hydrogen) atoms. The highest BCUT2D eigenvalue weighted by Gasteiger charge is 2.32. The van der Waals surface area contributed by atoms with Crippen LogP contribution in [0, 0.1) is 5.92 Å². The molecule has 0 radical (unpaired) electrons. The predicted octanol–water partition coefficient (Wildman–Crippen LogP) is -0.950. The minimum absolute atomic E-state index is 0.0985. The molecule has 1 atom stereocenters. The SMILES string of the molecule is CC(=O)C1CN(C(=O)NN)CCC1=O. The highest BCUT2D eigenvalue weighted by Crippen LogP contribution is 2.13. The zero-order valence-corrected chi connectivity index (χ0v) is 7.95.